The Kier molecular flexibility index (Phi) is 13.5. The number of hydrogen-bond donors (Lipinski definition) is 4. The van der Waals surface area contributed by atoms with Gasteiger partial charge in [0.15, 0.2) is 5.96 Å². The van der Waals surface area contributed by atoms with E-state index in [9.17, 15) is 9.59 Å². The molecule has 0 aliphatic heterocycles. The van der Waals surface area contributed by atoms with Crippen molar-refractivity contribution in [3.8, 4) is 0 Å². The van der Waals surface area contributed by atoms with Gasteiger partial charge in [-0.2, -0.15) is 0 Å². The largest absolute Gasteiger partial charge is 0.444 e. The first-order valence-corrected chi connectivity index (χ1v) is 8.73. The predicted octanol–water partition coefficient (Wildman–Crippen LogP) is 1.85. The third-order valence-corrected chi connectivity index (χ3v) is 2.78. The molecule has 0 heterocycles. The first kappa shape index (κ1) is 27.0. The molecular weight excluding hydrogens is 449 g/mol. The van der Waals surface area contributed by atoms with Crippen LogP contribution >= 0.6 is 24.0 Å². The summed E-state index contributed by atoms with van der Waals surface area (Å²) in [5.74, 6) is 0.640. The molecule has 0 aliphatic rings. The monoisotopic (exact) mass is 485 g/mol. The molecule has 0 aliphatic carbocycles. The second-order valence-corrected chi connectivity index (χ2v) is 7.62. The van der Waals surface area contributed by atoms with Gasteiger partial charge in [0.1, 0.15) is 5.60 Å². The quantitative estimate of drug-likeness (QED) is 0.191. The average Bonchev–Trinajstić information content (AvgIpc) is 2.44. The minimum absolute atomic E-state index is 0. The summed E-state index contributed by atoms with van der Waals surface area (Å²) in [5.41, 5.74) is -0.912. The molecule has 0 rings (SSSR count). The molecule has 0 atom stereocenters. The van der Waals surface area contributed by atoms with Crippen LogP contribution in [0.15, 0.2) is 4.99 Å². The number of ether oxygens (including phenoxy) is 1. The van der Waals surface area contributed by atoms with E-state index in [1.807, 2.05) is 48.5 Å². The van der Waals surface area contributed by atoms with E-state index >= 15 is 0 Å². The Balaban J connectivity index is 0. The molecule has 0 fully saturated rings. The van der Waals surface area contributed by atoms with Crippen LogP contribution in [-0.4, -0.2) is 56.3 Å². The Labute approximate surface area is 174 Å². The molecule has 0 aromatic carbocycles. The molecule has 0 saturated carbocycles. The maximum absolute atomic E-state index is 11.8. The van der Waals surface area contributed by atoms with Crippen molar-refractivity contribution in [1.82, 2.24) is 21.3 Å². The molecule has 0 bridgehead atoms. The van der Waals surface area contributed by atoms with E-state index in [1.54, 1.807) is 0 Å². The van der Waals surface area contributed by atoms with Crippen LogP contribution in [0.1, 0.15) is 48.5 Å². The number of amides is 2. The molecule has 154 valence electrons. The van der Waals surface area contributed by atoms with Crippen LogP contribution in [0.5, 0.6) is 0 Å². The third-order valence-electron chi connectivity index (χ3n) is 2.78. The number of guanidine groups is 1. The van der Waals surface area contributed by atoms with Crippen molar-refractivity contribution in [2.45, 2.75) is 54.1 Å². The van der Waals surface area contributed by atoms with Crippen molar-refractivity contribution in [2.24, 2.45) is 10.4 Å². The summed E-state index contributed by atoms with van der Waals surface area (Å²) >= 11 is 0. The Bertz CT molecular complexity index is 456. The summed E-state index contributed by atoms with van der Waals surface area (Å²) in [6, 6.07) is 0. The highest BCUT2D eigenvalue weighted by Crippen LogP contribution is 2.11. The van der Waals surface area contributed by atoms with Crippen LogP contribution in [0, 0.1) is 5.41 Å². The fourth-order valence-corrected chi connectivity index (χ4v) is 1.60. The van der Waals surface area contributed by atoms with Crippen LogP contribution in [0.4, 0.5) is 4.79 Å². The maximum atomic E-state index is 11.8. The van der Waals surface area contributed by atoms with Crippen LogP contribution in [-0.2, 0) is 9.53 Å². The van der Waals surface area contributed by atoms with Crippen molar-refractivity contribution in [3.05, 3.63) is 0 Å². The molecule has 0 spiro atoms. The topological polar surface area (TPSA) is 104 Å². The van der Waals surface area contributed by atoms with Gasteiger partial charge in [-0.1, -0.05) is 20.8 Å². The lowest BCUT2D eigenvalue weighted by molar-refractivity contribution is -0.128. The molecule has 2 amide bonds. The van der Waals surface area contributed by atoms with E-state index in [0.717, 1.165) is 6.54 Å². The smallest absolute Gasteiger partial charge is 0.407 e. The van der Waals surface area contributed by atoms with Crippen molar-refractivity contribution >= 4 is 41.9 Å². The number of alkyl carbamates (subject to hydrolysis) is 1. The zero-order valence-corrected chi connectivity index (χ0v) is 19.4. The summed E-state index contributed by atoms with van der Waals surface area (Å²) in [4.78, 5) is 27.7. The molecule has 0 aromatic heterocycles. The fourth-order valence-electron chi connectivity index (χ4n) is 1.60. The van der Waals surface area contributed by atoms with Gasteiger partial charge in [-0.15, -0.1) is 24.0 Å². The zero-order valence-electron chi connectivity index (χ0n) is 17.1. The predicted molar refractivity (Wildman–Crippen MR) is 116 cm³/mol. The summed E-state index contributed by atoms with van der Waals surface area (Å²) < 4.78 is 5.16. The molecule has 0 unspecified atom stereocenters. The number of carbonyl (C=O) groups is 2. The van der Waals surface area contributed by atoms with Gasteiger partial charge >= 0.3 is 6.09 Å². The molecular formula is C17H36IN5O3. The van der Waals surface area contributed by atoms with E-state index in [1.165, 1.54) is 0 Å². The average molecular weight is 485 g/mol. The van der Waals surface area contributed by atoms with Gasteiger partial charge in [-0.05, 0) is 27.7 Å². The highest BCUT2D eigenvalue weighted by molar-refractivity contribution is 14.0. The van der Waals surface area contributed by atoms with Gasteiger partial charge in [-0.3, -0.25) is 9.79 Å². The number of halogens is 1. The normalized spacial score (nSPS) is 11.9. The highest BCUT2D eigenvalue weighted by Gasteiger charge is 2.20. The van der Waals surface area contributed by atoms with Gasteiger partial charge in [0.05, 0.1) is 6.54 Å². The molecule has 0 aromatic rings. The molecule has 26 heavy (non-hydrogen) atoms. The van der Waals surface area contributed by atoms with Crippen LogP contribution in [0.25, 0.3) is 0 Å². The van der Waals surface area contributed by atoms with Crippen LogP contribution in [0.3, 0.4) is 0 Å². The summed E-state index contributed by atoms with van der Waals surface area (Å²) in [6.07, 6.45) is -0.443. The van der Waals surface area contributed by atoms with Gasteiger partial charge in [0, 0.05) is 31.6 Å². The second kappa shape index (κ2) is 13.0. The van der Waals surface area contributed by atoms with Crippen LogP contribution in [0.2, 0.25) is 0 Å². The minimum atomic E-state index is -0.509. The Hall–Kier alpha value is -1.26. The first-order valence-electron chi connectivity index (χ1n) is 8.73. The lowest BCUT2D eigenvalue weighted by Gasteiger charge is -2.20. The van der Waals surface area contributed by atoms with Crippen molar-refractivity contribution in [1.29, 1.82) is 0 Å². The summed E-state index contributed by atoms with van der Waals surface area (Å²) in [6.45, 7) is 15.6. The standard InChI is InChI=1S/C17H35N5O3.HI/c1-8-18-14(20-10-9-19-13(23)16(2,3)4)21-11-12-22-15(24)25-17(5,6)7;/h8-12H2,1-7H3,(H,19,23)(H,22,24)(H2,18,20,21);1H. The van der Waals surface area contributed by atoms with E-state index in [4.69, 9.17) is 4.74 Å². The van der Waals surface area contributed by atoms with E-state index in [-0.39, 0.29) is 29.9 Å². The van der Waals surface area contributed by atoms with Gasteiger partial charge in [-0.25, -0.2) is 4.79 Å². The van der Waals surface area contributed by atoms with Crippen molar-refractivity contribution < 1.29 is 14.3 Å². The van der Waals surface area contributed by atoms with Crippen LogP contribution < -0.4 is 21.3 Å². The van der Waals surface area contributed by atoms with Crippen molar-refractivity contribution in [3.63, 3.8) is 0 Å². The van der Waals surface area contributed by atoms with E-state index in [0.29, 0.717) is 32.1 Å². The number of rotatable bonds is 7. The fraction of sp³-hybridized carbons (Fsp3) is 0.824. The van der Waals surface area contributed by atoms with Gasteiger partial charge in [0.25, 0.3) is 0 Å². The molecule has 4 N–H and O–H groups in total. The highest BCUT2D eigenvalue weighted by atomic mass is 127. The Morgan fingerprint density at radius 1 is 0.885 bits per heavy atom. The molecule has 0 radical (unpaired) electrons. The zero-order chi connectivity index (χ0) is 19.5. The lowest BCUT2D eigenvalue weighted by atomic mass is 9.96. The minimum Gasteiger partial charge on any atom is -0.444 e. The Morgan fingerprint density at radius 3 is 1.96 bits per heavy atom. The summed E-state index contributed by atoms with van der Waals surface area (Å²) in [7, 11) is 0. The number of aliphatic imine (C=N–C) groups is 1. The number of nitrogens with zero attached hydrogens (tertiary/aromatic N) is 1. The third kappa shape index (κ3) is 15.0. The first-order chi connectivity index (χ1) is 11.5. The number of nitrogens with one attached hydrogen (secondary N) is 4. The molecule has 0 saturated heterocycles. The molecule has 9 heteroatoms. The SMILES string of the molecule is CCNC(=NCCNC(=O)C(C)(C)C)NCCNC(=O)OC(C)(C)C.I. The summed E-state index contributed by atoms with van der Waals surface area (Å²) in [5, 5.41) is 11.7. The lowest BCUT2D eigenvalue weighted by Crippen LogP contribution is -2.43. The van der Waals surface area contributed by atoms with E-state index < -0.39 is 17.1 Å². The maximum Gasteiger partial charge on any atom is 0.407 e. The Morgan fingerprint density at radius 2 is 1.46 bits per heavy atom. The molecule has 8 nitrogen and oxygen atoms in total. The van der Waals surface area contributed by atoms with E-state index in [2.05, 4.69) is 26.3 Å². The van der Waals surface area contributed by atoms with Crippen molar-refractivity contribution in [2.75, 3.05) is 32.7 Å². The number of carbonyl (C=O) groups excluding carboxylic acids is 2. The number of hydrogen-bond acceptors (Lipinski definition) is 4. The van der Waals surface area contributed by atoms with Gasteiger partial charge in [0.2, 0.25) is 5.91 Å². The van der Waals surface area contributed by atoms with Gasteiger partial charge < -0.3 is 26.0 Å². The second-order valence-electron chi connectivity index (χ2n) is 7.62.